The van der Waals surface area contributed by atoms with E-state index in [-0.39, 0.29) is 36.0 Å². The SMILES string of the molecule is COc1ccc(CN2C(=O)CCC(n3c(=O)n(C)c4c(N5CCNC(C)(C)C5)cccc43)C2=O)cc1. The molecular weight excluding hydrogens is 458 g/mol. The third-order valence-corrected chi connectivity index (χ3v) is 7.29. The molecule has 2 saturated heterocycles. The first-order valence-electron chi connectivity index (χ1n) is 12.4. The molecule has 2 aliphatic rings. The molecule has 1 aromatic heterocycles. The number of imide groups is 1. The smallest absolute Gasteiger partial charge is 0.329 e. The largest absolute Gasteiger partial charge is 0.497 e. The van der Waals surface area contributed by atoms with Crippen molar-refractivity contribution in [1.82, 2.24) is 19.4 Å². The number of ether oxygens (including phenoxy) is 1. The molecule has 1 unspecified atom stereocenters. The second kappa shape index (κ2) is 9.13. The van der Waals surface area contributed by atoms with Crippen LogP contribution in [0.15, 0.2) is 47.3 Å². The average Bonchev–Trinajstić information content (AvgIpc) is 3.11. The Hall–Kier alpha value is -3.59. The maximum atomic E-state index is 13.6. The number of piperidine rings is 1. The van der Waals surface area contributed by atoms with Gasteiger partial charge >= 0.3 is 5.69 Å². The van der Waals surface area contributed by atoms with Crippen molar-refractivity contribution in [3.05, 3.63) is 58.5 Å². The van der Waals surface area contributed by atoms with Gasteiger partial charge in [-0.1, -0.05) is 18.2 Å². The summed E-state index contributed by atoms with van der Waals surface area (Å²) in [6, 6.07) is 12.4. The Labute approximate surface area is 210 Å². The van der Waals surface area contributed by atoms with E-state index < -0.39 is 6.04 Å². The number of hydrogen-bond donors (Lipinski definition) is 1. The number of carbonyl (C=O) groups is 2. The molecule has 0 bridgehead atoms. The molecule has 0 radical (unpaired) electrons. The highest BCUT2D eigenvalue weighted by Crippen LogP contribution is 2.32. The van der Waals surface area contributed by atoms with Crippen LogP contribution in [0.4, 0.5) is 5.69 Å². The summed E-state index contributed by atoms with van der Waals surface area (Å²) >= 11 is 0. The van der Waals surface area contributed by atoms with Crippen molar-refractivity contribution >= 4 is 28.5 Å². The summed E-state index contributed by atoms with van der Waals surface area (Å²) in [5.74, 6) is 0.147. The maximum Gasteiger partial charge on any atom is 0.329 e. The molecular formula is C27H33N5O4. The Balaban J connectivity index is 1.51. The fourth-order valence-corrected chi connectivity index (χ4v) is 5.46. The number of benzene rings is 2. The minimum atomic E-state index is -0.730. The van der Waals surface area contributed by atoms with Gasteiger partial charge in [-0.15, -0.1) is 0 Å². The fourth-order valence-electron chi connectivity index (χ4n) is 5.46. The minimum absolute atomic E-state index is 0.0521. The van der Waals surface area contributed by atoms with E-state index in [0.717, 1.165) is 36.4 Å². The Morgan fingerprint density at radius 1 is 1.08 bits per heavy atom. The molecule has 1 atom stereocenters. The molecule has 1 N–H and O–H groups in total. The van der Waals surface area contributed by atoms with Gasteiger partial charge in [-0.3, -0.25) is 23.6 Å². The molecule has 2 fully saturated rings. The standard InChI is InChI=1S/C27H33N5O4/c1-27(2)17-30(15-14-28-27)20-6-5-7-21-24(20)29(3)26(35)32(21)22-12-13-23(33)31(25(22)34)16-18-8-10-19(36-4)11-9-18/h5-11,22,28H,12-17H2,1-4H3. The molecule has 3 aromatic rings. The number of para-hydroxylation sites is 1. The van der Waals surface area contributed by atoms with E-state index in [1.54, 1.807) is 35.4 Å². The lowest BCUT2D eigenvalue weighted by molar-refractivity contribution is -0.151. The van der Waals surface area contributed by atoms with Gasteiger partial charge in [0.25, 0.3) is 5.91 Å². The van der Waals surface area contributed by atoms with Crippen LogP contribution < -0.4 is 20.6 Å². The van der Waals surface area contributed by atoms with E-state index in [1.165, 1.54) is 4.90 Å². The first kappa shape index (κ1) is 24.1. The molecule has 3 heterocycles. The Morgan fingerprint density at radius 3 is 2.53 bits per heavy atom. The highest BCUT2D eigenvalue weighted by atomic mass is 16.5. The summed E-state index contributed by atoms with van der Waals surface area (Å²) < 4.78 is 8.42. The Bertz CT molecular complexity index is 1370. The highest BCUT2D eigenvalue weighted by molar-refractivity contribution is 6.00. The van der Waals surface area contributed by atoms with E-state index in [1.807, 2.05) is 30.3 Å². The van der Waals surface area contributed by atoms with Gasteiger partial charge in [0.2, 0.25) is 5.91 Å². The molecule has 0 saturated carbocycles. The van der Waals surface area contributed by atoms with Gasteiger partial charge in [-0.25, -0.2) is 4.79 Å². The van der Waals surface area contributed by atoms with Crippen molar-refractivity contribution in [2.75, 3.05) is 31.6 Å². The maximum absolute atomic E-state index is 13.6. The number of aromatic nitrogens is 2. The summed E-state index contributed by atoms with van der Waals surface area (Å²) in [7, 11) is 3.35. The van der Waals surface area contributed by atoms with E-state index in [4.69, 9.17) is 4.74 Å². The molecule has 2 aromatic carbocycles. The molecule has 2 amide bonds. The Kier molecular flexibility index (Phi) is 6.12. The van der Waals surface area contributed by atoms with E-state index >= 15 is 0 Å². The third kappa shape index (κ3) is 4.17. The number of aryl methyl sites for hydroxylation is 1. The summed E-state index contributed by atoms with van der Waals surface area (Å²) in [5, 5.41) is 3.53. The lowest BCUT2D eigenvalue weighted by Gasteiger charge is -2.40. The number of fused-ring (bicyclic) bond motifs is 1. The highest BCUT2D eigenvalue weighted by Gasteiger charge is 2.38. The van der Waals surface area contributed by atoms with Crippen LogP contribution in [-0.2, 0) is 23.2 Å². The van der Waals surface area contributed by atoms with Gasteiger partial charge in [-0.2, -0.15) is 0 Å². The molecule has 5 rings (SSSR count). The molecule has 36 heavy (non-hydrogen) atoms. The van der Waals surface area contributed by atoms with Crippen molar-refractivity contribution in [3.63, 3.8) is 0 Å². The van der Waals surface area contributed by atoms with Crippen molar-refractivity contribution in [2.24, 2.45) is 7.05 Å². The predicted octanol–water partition coefficient (Wildman–Crippen LogP) is 2.43. The molecule has 9 heteroatoms. The van der Waals surface area contributed by atoms with E-state index in [2.05, 4.69) is 24.1 Å². The van der Waals surface area contributed by atoms with Crippen LogP contribution >= 0.6 is 0 Å². The predicted molar refractivity (Wildman–Crippen MR) is 138 cm³/mol. The van der Waals surface area contributed by atoms with Crippen LogP contribution in [0.2, 0.25) is 0 Å². The summed E-state index contributed by atoms with van der Waals surface area (Å²) in [4.78, 5) is 43.5. The Morgan fingerprint density at radius 2 is 1.83 bits per heavy atom. The summed E-state index contributed by atoms with van der Waals surface area (Å²) in [5.41, 5.74) is 3.04. The first-order valence-corrected chi connectivity index (χ1v) is 12.4. The van der Waals surface area contributed by atoms with Crippen LogP contribution in [0.25, 0.3) is 11.0 Å². The zero-order valence-electron chi connectivity index (χ0n) is 21.3. The first-order chi connectivity index (χ1) is 17.2. The number of rotatable bonds is 5. The number of methoxy groups -OCH3 is 1. The van der Waals surface area contributed by atoms with Gasteiger partial charge in [0.05, 0.1) is 30.4 Å². The van der Waals surface area contributed by atoms with Crippen LogP contribution in [0.1, 0.15) is 38.3 Å². The number of piperazine rings is 1. The molecule has 0 spiro atoms. The normalized spacial score (nSPS) is 20.3. The number of imidazole rings is 1. The third-order valence-electron chi connectivity index (χ3n) is 7.29. The number of likely N-dealkylation sites (tertiary alicyclic amines) is 1. The van der Waals surface area contributed by atoms with Gasteiger partial charge < -0.3 is 15.0 Å². The lowest BCUT2D eigenvalue weighted by Crippen LogP contribution is -2.57. The van der Waals surface area contributed by atoms with E-state index in [0.29, 0.717) is 17.7 Å². The van der Waals surface area contributed by atoms with Crippen molar-refractivity contribution in [2.45, 2.75) is 44.8 Å². The van der Waals surface area contributed by atoms with Crippen molar-refractivity contribution in [3.8, 4) is 5.75 Å². The van der Waals surface area contributed by atoms with Crippen molar-refractivity contribution < 1.29 is 14.3 Å². The number of hydrogen-bond acceptors (Lipinski definition) is 6. The molecule has 0 aliphatic carbocycles. The second-order valence-electron chi connectivity index (χ2n) is 10.3. The molecule has 9 nitrogen and oxygen atoms in total. The number of carbonyl (C=O) groups excluding carboxylic acids is 2. The summed E-state index contributed by atoms with van der Waals surface area (Å²) in [6.07, 6.45) is 0.516. The zero-order valence-corrected chi connectivity index (χ0v) is 21.3. The quantitative estimate of drug-likeness (QED) is 0.552. The van der Waals surface area contributed by atoms with Gasteiger partial charge in [0.15, 0.2) is 0 Å². The van der Waals surface area contributed by atoms with Crippen LogP contribution in [0, 0.1) is 0 Å². The molecule has 2 aliphatic heterocycles. The number of nitrogens with one attached hydrogen (secondary N) is 1. The number of amides is 2. The summed E-state index contributed by atoms with van der Waals surface area (Å²) in [6.45, 7) is 6.98. The average molecular weight is 492 g/mol. The number of nitrogens with zero attached hydrogens (tertiary/aromatic N) is 4. The molecule has 190 valence electrons. The zero-order chi connectivity index (χ0) is 25.6. The minimum Gasteiger partial charge on any atom is -0.497 e. The monoisotopic (exact) mass is 491 g/mol. The fraction of sp³-hybridized carbons (Fsp3) is 0.444. The van der Waals surface area contributed by atoms with Gasteiger partial charge in [-0.05, 0) is 50.1 Å². The van der Waals surface area contributed by atoms with Crippen LogP contribution in [0.3, 0.4) is 0 Å². The van der Waals surface area contributed by atoms with Crippen molar-refractivity contribution in [1.29, 1.82) is 0 Å². The number of anilines is 1. The van der Waals surface area contributed by atoms with Gasteiger partial charge in [0, 0.05) is 38.6 Å². The lowest BCUT2D eigenvalue weighted by atomic mass is 10.0. The van der Waals surface area contributed by atoms with E-state index in [9.17, 15) is 14.4 Å². The van der Waals surface area contributed by atoms with Gasteiger partial charge in [0.1, 0.15) is 11.8 Å². The topological polar surface area (TPSA) is 88.8 Å². The second-order valence-corrected chi connectivity index (χ2v) is 10.3. The van der Waals surface area contributed by atoms with Crippen LogP contribution in [-0.4, -0.2) is 58.1 Å². The van der Waals surface area contributed by atoms with Crippen LogP contribution in [0.5, 0.6) is 5.75 Å².